The van der Waals surface area contributed by atoms with Gasteiger partial charge < -0.3 is 10.4 Å². The lowest BCUT2D eigenvalue weighted by Gasteiger charge is -2.13. The Labute approximate surface area is 153 Å². The Kier molecular flexibility index (Phi) is 4.47. The first-order chi connectivity index (χ1) is 13.1. The van der Waals surface area contributed by atoms with Gasteiger partial charge in [-0.25, -0.2) is 8.78 Å². The van der Waals surface area contributed by atoms with Gasteiger partial charge in [0.2, 0.25) is 0 Å². The second-order valence-corrected chi connectivity index (χ2v) is 5.95. The summed E-state index contributed by atoms with van der Waals surface area (Å²) in [4.78, 5) is 0. The summed E-state index contributed by atoms with van der Waals surface area (Å²) in [5.74, 6) is -0.869. The third-order valence-corrected chi connectivity index (χ3v) is 4.10. The Bertz CT molecular complexity index is 1080. The van der Waals surface area contributed by atoms with Crippen LogP contribution < -0.4 is 5.32 Å². The Morgan fingerprint density at radius 2 is 1.78 bits per heavy atom. The van der Waals surface area contributed by atoms with Crippen molar-refractivity contribution in [3.05, 3.63) is 77.9 Å². The zero-order chi connectivity index (χ0) is 18.8. The number of aliphatic hydroxyl groups is 1. The molecule has 0 saturated heterocycles. The average molecular weight is 367 g/mol. The molecule has 0 unspecified atom stereocenters. The lowest BCUT2D eigenvalue weighted by atomic mass is 10.1. The van der Waals surface area contributed by atoms with Crippen LogP contribution in [0.1, 0.15) is 11.7 Å². The molecule has 0 fully saturated rings. The van der Waals surface area contributed by atoms with E-state index in [1.807, 2.05) is 30.3 Å². The van der Waals surface area contributed by atoms with E-state index in [0.717, 1.165) is 17.7 Å². The van der Waals surface area contributed by atoms with E-state index in [-0.39, 0.29) is 12.1 Å². The van der Waals surface area contributed by atoms with Gasteiger partial charge in [0.25, 0.3) is 0 Å². The van der Waals surface area contributed by atoms with Crippen molar-refractivity contribution in [2.24, 2.45) is 0 Å². The first kappa shape index (κ1) is 17.0. The number of halogens is 2. The van der Waals surface area contributed by atoms with Crippen LogP contribution in [0.5, 0.6) is 0 Å². The first-order valence-electron chi connectivity index (χ1n) is 8.26. The molecule has 27 heavy (non-hydrogen) atoms. The minimum atomic E-state index is -1.02. The maximum atomic E-state index is 13.3. The van der Waals surface area contributed by atoms with Gasteiger partial charge in [0.1, 0.15) is 5.82 Å². The molecule has 0 amide bonds. The minimum absolute atomic E-state index is 0.0758. The molecule has 136 valence electrons. The summed E-state index contributed by atoms with van der Waals surface area (Å²) in [5, 5.41) is 25.9. The number of hydrogen-bond donors (Lipinski definition) is 2. The lowest BCUT2D eigenvalue weighted by Crippen LogP contribution is -2.14. The van der Waals surface area contributed by atoms with Crippen LogP contribution in [0, 0.1) is 11.6 Å². The zero-order valence-electron chi connectivity index (χ0n) is 14.0. The average Bonchev–Trinajstić information content (AvgIpc) is 3.12. The zero-order valence-corrected chi connectivity index (χ0v) is 14.0. The third-order valence-electron chi connectivity index (χ3n) is 4.10. The van der Waals surface area contributed by atoms with E-state index < -0.39 is 17.7 Å². The highest BCUT2D eigenvalue weighted by atomic mass is 19.2. The van der Waals surface area contributed by atoms with Gasteiger partial charge in [0.05, 0.1) is 6.10 Å². The quantitative estimate of drug-likeness (QED) is 0.567. The van der Waals surface area contributed by atoms with Gasteiger partial charge in [0.15, 0.2) is 23.1 Å². The van der Waals surface area contributed by atoms with E-state index in [9.17, 15) is 13.9 Å². The van der Waals surface area contributed by atoms with Crippen LogP contribution in [0.25, 0.3) is 17.0 Å². The number of anilines is 1. The van der Waals surface area contributed by atoms with Crippen molar-refractivity contribution >= 4 is 11.5 Å². The van der Waals surface area contributed by atoms with Gasteiger partial charge in [-0.3, -0.25) is 0 Å². The normalized spacial score (nSPS) is 12.3. The van der Waals surface area contributed by atoms with Crippen LogP contribution >= 0.6 is 0 Å². The number of aliphatic hydroxyl groups excluding tert-OH is 1. The van der Waals surface area contributed by atoms with E-state index in [1.165, 1.54) is 6.07 Å². The smallest absolute Gasteiger partial charge is 0.185 e. The van der Waals surface area contributed by atoms with Crippen molar-refractivity contribution in [1.29, 1.82) is 0 Å². The Balaban J connectivity index is 1.55. The SMILES string of the molecule is O[C@@H](CNc1ccc2nnc(-c3ccccc3)n2n1)c1ccc(F)c(F)c1. The molecule has 2 aromatic heterocycles. The van der Waals surface area contributed by atoms with Gasteiger partial charge in [-0.1, -0.05) is 36.4 Å². The standard InChI is InChI=1S/C19H15F2N5O/c20-14-7-6-13(10-15(14)21)16(27)11-22-17-8-9-18-23-24-19(26(18)25-17)12-4-2-1-3-5-12/h1-10,16,27H,11H2,(H,22,25)/t16-/m0/s1. The number of hydrogen-bond acceptors (Lipinski definition) is 5. The van der Waals surface area contributed by atoms with Crippen LogP contribution in [0.3, 0.4) is 0 Å². The van der Waals surface area contributed by atoms with Crippen LogP contribution in [0.2, 0.25) is 0 Å². The molecule has 0 aliphatic heterocycles. The summed E-state index contributed by atoms with van der Waals surface area (Å²) < 4.78 is 27.9. The van der Waals surface area contributed by atoms with Crippen LogP contribution in [0.15, 0.2) is 60.7 Å². The monoisotopic (exact) mass is 367 g/mol. The molecule has 2 heterocycles. The predicted octanol–water partition coefficient (Wildman–Crippen LogP) is 3.22. The number of rotatable bonds is 5. The van der Waals surface area contributed by atoms with E-state index in [2.05, 4.69) is 20.6 Å². The Morgan fingerprint density at radius 3 is 2.56 bits per heavy atom. The summed E-state index contributed by atoms with van der Waals surface area (Å²) in [6.45, 7) is 0.0758. The molecule has 4 rings (SSSR count). The third kappa shape index (κ3) is 3.47. The van der Waals surface area contributed by atoms with Gasteiger partial charge in [-0.2, -0.15) is 4.52 Å². The van der Waals surface area contributed by atoms with Crippen molar-refractivity contribution in [2.45, 2.75) is 6.10 Å². The summed E-state index contributed by atoms with van der Waals surface area (Å²) >= 11 is 0. The molecule has 8 heteroatoms. The molecule has 0 spiro atoms. The summed E-state index contributed by atoms with van der Waals surface area (Å²) in [6, 6.07) is 16.3. The molecule has 0 bridgehead atoms. The van der Waals surface area contributed by atoms with Gasteiger partial charge in [-0.05, 0) is 29.8 Å². The number of nitrogens with zero attached hydrogens (tertiary/aromatic N) is 4. The molecule has 0 aliphatic carbocycles. The second-order valence-electron chi connectivity index (χ2n) is 5.95. The fourth-order valence-electron chi connectivity index (χ4n) is 2.69. The number of aromatic nitrogens is 4. The van der Waals surface area contributed by atoms with Crippen molar-refractivity contribution in [2.75, 3.05) is 11.9 Å². The Hall–Kier alpha value is -3.39. The van der Waals surface area contributed by atoms with Gasteiger partial charge in [0, 0.05) is 12.1 Å². The largest absolute Gasteiger partial charge is 0.387 e. The molecule has 2 N–H and O–H groups in total. The summed E-state index contributed by atoms with van der Waals surface area (Å²) in [7, 11) is 0. The maximum absolute atomic E-state index is 13.3. The maximum Gasteiger partial charge on any atom is 0.185 e. The molecule has 0 aliphatic rings. The van der Waals surface area contributed by atoms with E-state index >= 15 is 0 Å². The van der Waals surface area contributed by atoms with E-state index in [1.54, 1.807) is 16.6 Å². The van der Waals surface area contributed by atoms with Gasteiger partial charge >= 0.3 is 0 Å². The topological polar surface area (TPSA) is 75.3 Å². The highest BCUT2D eigenvalue weighted by Gasteiger charge is 2.13. The molecule has 0 saturated carbocycles. The molecule has 2 aromatic carbocycles. The highest BCUT2D eigenvalue weighted by Crippen LogP contribution is 2.19. The van der Waals surface area contributed by atoms with E-state index in [4.69, 9.17) is 0 Å². The van der Waals surface area contributed by atoms with Crippen molar-refractivity contribution in [1.82, 2.24) is 19.8 Å². The number of benzene rings is 2. The predicted molar refractivity (Wildman–Crippen MR) is 96.0 cm³/mol. The summed E-state index contributed by atoms with van der Waals surface area (Å²) in [6.07, 6.45) is -1.02. The van der Waals surface area contributed by atoms with Crippen molar-refractivity contribution in [3.8, 4) is 11.4 Å². The van der Waals surface area contributed by atoms with Crippen LogP contribution in [-0.2, 0) is 0 Å². The molecule has 4 aromatic rings. The molecule has 1 atom stereocenters. The molecule has 0 radical (unpaired) electrons. The fourth-order valence-corrected chi connectivity index (χ4v) is 2.69. The molecular weight excluding hydrogens is 352 g/mol. The summed E-state index contributed by atoms with van der Waals surface area (Å²) in [5.41, 5.74) is 1.73. The number of nitrogens with one attached hydrogen (secondary N) is 1. The lowest BCUT2D eigenvalue weighted by molar-refractivity contribution is 0.191. The molecular formula is C19H15F2N5O. The minimum Gasteiger partial charge on any atom is -0.387 e. The fraction of sp³-hybridized carbons (Fsp3) is 0.105. The van der Waals surface area contributed by atoms with Crippen LogP contribution in [-0.4, -0.2) is 31.5 Å². The van der Waals surface area contributed by atoms with E-state index in [0.29, 0.717) is 17.3 Å². The molecule has 6 nitrogen and oxygen atoms in total. The Morgan fingerprint density at radius 1 is 0.963 bits per heavy atom. The van der Waals surface area contributed by atoms with Crippen LogP contribution in [0.4, 0.5) is 14.6 Å². The number of fused-ring (bicyclic) bond motifs is 1. The highest BCUT2D eigenvalue weighted by molar-refractivity contribution is 5.59. The van der Waals surface area contributed by atoms with Crippen molar-refractivity contribution < 1.29 is 13.9 Å². The van der Waals surface area contributed by atoms with Gasteiger partial charge in [-0.15, -0.1) is 15.3 Å². The second kappa shape index (κ2) is 7.08. The van der Waals surface area contributed by atoms with Crippen molar-refractivity contribution in [3.63, 3.8) is 0 Å². The first-order valence-corrected chi connectivity index (χ1v) is 8.26.